The van der Waals surface area contributed by atoms with Gasteiger partial charge >= 0.3 is 0 Å². The average molecular weight is 528 g/mol. The van der Waals surface area contributed by atoms with Gasteiger partial charge in [-0.2, -0.15) is 0 Å². The van der Waals surface area contributed by atoms with Crippen LogP contribution in [0.2, 0.25) is 0 Å². The lowest BCUT2D eigenvalue weighted by Crippen LogP contribution is -2.52. The molecule has 2 aromatic carbocycles. The maximum absolute atomic E-state index is 13.6. The van der Waals surface area contributed by atoms with E-state index < -0.39 is 82.6 Å². The van der Waals surface area contributed by atoms with E-state index >= 15 is 0 Å². The highest BCUT2D eigenvalue weighted by molar-refractivity contribution is 6.31. The van der Waals surface area contributed by atoms with Crippen molar-refractivity contribution in [1.82, 2.24) is 0 Å². The van der Waals surface area contributed by atoms with Gasteiger partial charge in [0.05, 0.1) is 42.1 Å². The fourth-order valence-corrected chi connectivity index (χ4v) is 5.66. The van der Waals surface area contributed by atoms with Crippen molar-refractivity contribution >= 4 is 17.3 Å². The van der Waals surface area contributed by atoms with Gasteiger partial charge in [0.15, 0.2) is 17.9 Å². The molecule has 5 rings (SSSR count). The second-order valence-corrected chi connectivity index (χ2v) is 10.1. The van der Waals surface area contributed by atoms with E-state index in [1.54, 1.807) is 6.92 Å². The van der Waals surface area contributed by atoms with Gasteiger partial charge in [0.1, 0.15) is 22.8 Å². The van der Waals surface area contributed by atoms with Gasteiger partial charge < -0.3 is 40.4 Å². The molecule has 0 saturated carbocycles. The highest BCUT2D eigenvalue weighted by Crippen LogP contribution is 2.52. The molecule has 2 aliphatic carbocycles. The lowest BCUT2D eigenvalue weighted by Gasteiger charge is -2.42. The van der Waals surface area contributed by atoms with E-state index in [0.717, 1.165) is 0 Å². The molecule has 202 valence electrons. The Morgan fingerprint density at radius 3 is 2.45 bits per heavy atom. The summed E-state index contributed by atoms with van der Waals surface area (Å²) in [6.07, 6.45) is -4.53. The summed E-state index contributed by atoms with van der Waals surface area (Å²) in [6.45, 7) is 2.79. The lowest BCUT2D eigenvalue weighted by molar-refractivity contribution is -0.247. The number of rotatable bonds is 4. The number of hydrogen-bond donors (Lipinski definition) is 5. The summed E-state index contributed by atoms with van der Waals surface area (Å²) in [5.74, 6) is -3.18. The van der Waals surface area contributed by atoms with Gasteiger partial charge in [-0.1, -0.05) is 12.1 Å². The van der Waals surface area contributed by atoms with E-state index in [4.69, 9.17) is 19.9 Å². The van der Waals surface area contributed by atoms with E-state index in [-0.39, 0.29) is 40.8 Å². The second-order valence-electron chi connectivity index (χ2n) is 10.1. The number of carbonyl (C=O) groups excluding carboxylic acids is 3. The molecule has 0 radical (unpaired) electrons. The first kappa shape index (κ1) is 26.3. The van der Waals surface area contributed by atoms with Crippen molar-refractivity contribution < 1.29 is 49.0 Å². The van der Waals surface area contributed by atoms with Gasteiger partial charge in [0.2, 0.25) is 5.78 Å². The Labute approximate surface area is 217 Å². The quantitative estimate of drug-likeness (QED) is 0.305. The number of methoxy groups -OCH3 is 1. The number of fused-ring (bicyclic) bond motifs is 3. The van der Waals surface area contributed by atoms with Crippen LogP contribution in [0.15, 0.2) is 18.2 Å². The molecule has 2 aromatic rings. The summed E-state index contributed by atoms with van der Waals surface area (Å²) in [6, 6.07) is 3.75. The van der Waals surface area contributed by atoms with Gasteiger partial charge in [-0.3, -0.25) is 14.4 Å². The average Bonchev–Trinajstić information content (AvgIpc) is 2.87. The lowest BCUT2D eigenvalue weighted by atomic mass is 9.72. The molecule has 0 unspecified atom stereocenters. The molecule has 0 spiro atoms. The van der Waals surface area contributed by atoms with Crippen molar-refractivity contribution in [2.45, 2.75) is 69.4 Å². The number of ether oxygens (including phenoxy) is 3. The molecule has 6 atom stereocenters. The molecule has 11 nitrogen and oxygen atoms in total. The molecule has 1 aliphatic heterocycles. The number of nitrogens with two attached hydrogens (primary N) is 1. The van der Waals surface area contributed by atoms with Crippen molar-refractivity contribution in [3.63, 3.8) is 0 Å². The van der Waals surface area contributed by atoms with Crippen molar-refractivity contribution in [1.29, 1.82) is 0 Å². The predicted molar refractivity (Wildman–Crippen MR) is 130 cm³/mol. The Hall–Kier alpha value is -3.35. The minimum Gasteiger partial charge on any atom is -0.507 e. The van der Waals surface area contributed by atoms with Gasteiger partial charge in [-0.15, -0.1) is 0 Å². The second kappa shape index (κ2) is 9.14. The largest absolute Gasteiger partial charge is 0.507 e. The molecule has 11 heteroatoms. The zero-order chi connectivity index (χ0) is 27.7. The first-order chi connectivity index (χ1) is 17.9. The number of phenolic OH excluding ortho intramolecular Hbond substituents is 2. The Bertz CT molecular complexity index is 1360. The van der Waals surface area contributed by atoms with Crippen molar-refractivity contribution in [2.24, 2.45) is 5.73 Å². The number of aromatic hydroxyl groups is 2. The number of aliphatic hydroxyl groups is 2. The fraction of sp³-hybridized carbons (Fsp3) is 0.444. The first-order valence-electron chi connectivity index (χ1n) is 12.2. The van der Waals surface area contributed by atoms with Crippen LogP contribution in [-0.2, 0) is 20.7 Å². The smallest absolute Gasteiger partial charge is 0.202 e. The van der Waals surface area contributed by atoms with Crippen LogP contribution >= 0.6 is 0 Å². The maximum atomic E-state index is 13.6. The molecule has 6 N–H and O–H groups in total. The van der Waals surface area contributed by atoms with Crippen LogP contribution in [0.4, 0.5) is 0 Å². The highest BCUT2D eigenvalue weighted by atomic mass is 16.7. The first-order valence-corrected chi connectivity index (χ1v) is 12.2. The van der Waals surface area contributed by atoms with Gasteiger partial charge in [0.25, 0.3) is 0 Å². The molecule has 1 heterocycles. The van der Waals surface area contributed by atoms with Crippen LogP contribution in [0, 0.1) is 0 Å². The summed E-state index contributed by atoms with van der Waals surface area (Å²) in [7, 11) is 1.34. The fourth-order valence-electron chi connectivity index (χ4n) is 5.66. The third-order valence-corrected chi connectivity index (χ3v) is 7.80. The summed E-state index contributed by atoms with van der Waals surface area (Å²) in [5.41, 5.74) is 2.97. The zero-order valence-electron chi connectivity index (χ0n) is 21.1. The van der Waals surface area contributed by atoms with E-state index in [1.165, 1.54) is 32.2 Å². The van der Waals surface area contributed by atoms with Crippen molar-refractivity contribution in [3.8, 4) is 17.2 Å². The van der Waals surface area contributed by atoms with Crippen molar-refractivity contribution in [2.75, 3.05) is 7.11 Å². The van der Waals surface area contributed by atoms with Crippen LogP contribution in [0.25, 0.3) is 0 Å². The van der Waals surface area contributed by atoms with E-state index in [2.05, 4.69) is 0 Å². The highest BCUT2D eigenvalue weighted by Gasteiger charge is 2.49. The minimum atomic E-state index is -2.00. The predicted octanol–water partition coefficient (Wildman–Crippen LogP) is 1.03. The number of Topliss-reactive ketones (excluding diaryl/α,β-unsaturated/α-hetero) is 1. The molecule has 38 heavy (non-hydrogen) atoms. The Morgan fingerprint density at radius 2 is 1.82 bits per heavy atom. The number of ketones is 3. The SMILES string of the molecule is COc1cccc2c1C(=O)c1c(O)c3c(c(O)c1C2=O)C[C@](O)(C(C)=O)C[C@@H]3O[C@H]1C[C@H](N)[C@H](O)[C@H](C)O1. The van der Waals surface area contributed by atoms with Crippen LogP contribution in [0.1, 0.15) is 75.8 Å². The number of carbonyl (C=O) groups is 3. The monoisotopic (exact) mass is 527 g/mol. The Kier molecular flexibility index (Phi) is 6.32. The number of aliphatic hydroxyl groups excluding tert-OH is 1. The standard InChI is InChI=1S/C27H29NO10/c1-10-22(30)14(28)7-17(37-10)38-16-9-27(35,11(2)29)8-13-19(16)26(34)21-20(24(13)32)23(31)12-5-4-6-15(36-3)18(12)25(21)33/h4-6,10,14,16-17,22,30,32,34-35H,7-9,28H2,1-3H3/t10-,14-,16-,17-,22+,27+/m0/s1. The summed E-state index contributed by atoms with van der Waals surface area (Å²) in [4.78, 5) is 39.6. The summed E-state index contributed by atoms with van der Waals surface area (Å²) >= 11 is 0. The van der Waals surface area contributed by atoms with E-state index in [9.17, 15) is 34.8 Å². The molecule has 3 aliphatic rings. The maximum Gasteiger partial charge on any atom is 0.202 e. The number of hydrogen-bond acceptors (Lipinski definition) is 11. The molecule has 0 aromatic heterocycles. The minimum absolute atomic E-state index is 0.0147. The summed E-state index contributed by atoms with van der Waals surface area (Å²) in [5, 5.41) is 44.1. The van der Waals surface area contributed by atoms with Crippen LogP contribution < -0.4 is 10.5 Å². The van der Waals surface area contributed by atoms with Crippen LogP contribution in [0.3, 0.4) is 0 Å². The third kappa shape index (κ3) is 3.81. The zero-order valence-corrected chi connectivity index (χ0v) is 21.1. The van der Waals surface area contributed by atoms with Crippen molar-refractivity contribution in [3.05, 3.63) is 51.6 Å². The molecular formula is C27H29NO10. The number of benzene rings is 2. The Balaban J connectivity index is 1.68. The topological polar surface area (TPSA) is 186 Å². The normalized spacial score (nSPS) is 30.3. The summed E-state index contributed by atoms with van der Waals surface area (Å²) < 4.78 is 17.1. The van der Waals surface area contributed by atoms with Gasteiger partial charge in [0, 0.05) is 42.0 Å². The third-order valence-electron chi connectivity index (χ3n) is 7.80. The van der Waals surface area contributed by atoms with E-state index in [1.807, 2.05) is 0 Å². The molecule has 1 fully saturated rings. The molecule has 0 bridgehead atoms. The number of phenols is 2. The Morgan fingerprint density at radius 1 is 1.13 bits per heavy atom. The van der Waals surface area contributed by atoms with Crippen LogP contribution in [0.5, 0.6) is 17.2 Å². The van der Waals surface area contributed by atoms with Crippen LogP contribution in [-0.4, -0.2) is 75.0 Å². The molecular weight excluding hydrogens is 498 g/mol. The molecule has 0 amide bonds. The van der Waals surface area contributed by atoms with Gasteiger partial charge in [-0.05, 0) is 19.9 Å². The van der Waals surface area contributed by atoms with Gasteiger partial charge in [-0.25, -0.2) is 0 Å². The van der Waals surface area contributed by atoms with E-state index in [0.29, 0.717) is 0 Å². The molecule has 1 saturated heterocycles.